The van der Waals surface area contributed by atoms with Crippen molar-refractivity contribution in [3.8, 4) is 0 Å². The van der Waals surface area contributed by atoms with Crippen LogP contribution in [0.15, 0.2) is 30.3 Å². The Morgan fingerprint density at radius 3 is 2.90 bits per heavy atom. The molecule has 20 heavy (non-hydrogen) atoms. The molecule has 5 heteroatoms. The van der Waals surface area contributed by atoms with Gasteiger partial charge in [0.15, 0.2) is 0 Å². The van der Waals surface area contributed by atoms with E-state index in [1.165, 1.54) is 26.2 Å². The van der Waals surface area contributed by atoms with Gasteiger partial charge in [-0.3, -0.25) is 4.79 Å². The molecule has 0 unspecified atom stereocenters. The zero-order valence-electron chi connectivity index (χ0n) is 11.6. The van der Waals surface area contributed by atoms with Crippen LogP contribution in [0.5, 0.6) is 0 Å². The van der Waals surface area contributed by atoms with Crippen LogP contribution in [0.4, 0.5) is 0 Å². The Kier molecular flexibility index (Phi) is 3.99. The van der Waals surface area contributed by atoms with Crippen molar-refractivity contribution in [3.63, 3.8) is 0 Å². The number of benzene rings is 1. The third kappa shape index (κ3) is 3.00. The fraction of sp³-hybridized carbons (Fsp3) is 0.400. The number of carbonyl (C=O) groups excluding carboxylic acids is 1. The molecule has 2 heterocycles. The van der Waals surface area contributed by atoms with Gasteiger partial charge in [-0.1, -0.05) is 18.2 Å². The maximum Gasteiger partial charge on any atom is 0.267 e. The first-order valence-electron chi connectivity index (χ1n) is 7.34. The smallest absolute Gasteiger partial charge is 0.267 e. The van der Waals surface area contributed by atoms with Crippen molar-refractivity contribution < 1.29 is 15.0 Å². The summed E-state index contributed by atoms with van der Waals surface area (Å²) < 4.78 is 0. The first kappa shape index (κ1) is 13.1. The summed E-state index contributed by atoms with van der Waals surface area (Å²) in [6, 6.07) is 9.86. The second-order valence-corrected chi connectivity index (χ2v) is 5.39. The van der Waals surface area contributed by atoms with Crippen molar-refractivity contribution in [2.75, 3.05) is 39.3 Å². The van der Waals surface area contributed by atoms with Crippen LogP contribution in [0.3, 0.4) is 0 Å². The van der Waals surface area contributed by atoms with Crippen molar-refractivity contribution in [2.24, 2.45) is 0 Å². The number of hydrogen-bond acceptors (Lipinski definition) is 1. The van der Waals surface area contributed by atoms with Crippen molar-refractivity contribution in [1.82, 2.24) is 10.3 Å². The zero-order chi connectivity index (χ0) is 13.8. The lowest BCUT2D eigenvalue weighted by atomic mass is 10.2. The highest BCUT2D eigenvalue weighted by atomic mass is 16.1. The molecule has 1 aliphatic heterocycles. The molecule has 1 aliphatic rings. The molecule has 2 aromatic rings. The first-order chi connectivity index (χ1) is 9.83. The van der Waals surface area contributed by atoms with E-state index in [1.807, 2.05) is 30.3 Å². The van der Waals surface area contributed by atoms with E-state index in [2.05, 4.69) is 15.6 Å². The van der Waals surface area contributed by atoms with Gasteiger partial charge in [0.25, 0.3) is 5.91 Å². The predicted octanol–water partition coefficient (Wildman–Crippen LogP) is -1.64. The van der Waals surface area contributed by atoms with Gasteiger partial charge in [-0.15, -0.1) is 0 Å². The number of nitrogens with two attached hydrogens (primary N) is 1. The summed E-state index contributed by atoms with van der Waals surface area (Å²) in [5, 5.41) is 6.44. The number of fused-ring (bicyclic) bond motifs is 1. The van der Waals surface area contributed by atoms with E-state index in [4.69, 9.17) is 0 Å². The SMILES string of the molecule is O=C(NCC[NH+]1CC[NH2+]CC1)c1cc2ccccc2[nH]1. The van der Waals surface area contributed by atoms with Crippen LogP contribution in [0, 0.1) is 0 Å². The molecule has 5 N–H and O–H groups in total. The molecule has 1 saturated heterocycles. The highest BCUT2D eigenvalue weighted by Gasteiger charge is 2.15. The number of nitrogens with one attached hydrogen (secondary N) is 3. The number of aromatic amines is 1. The van der Waals surface area contributed by atoms with E-state index in [-0.39, 0.29) is 5.91 Å². The molecule has 5 nitrogen and oxygen atoms in total. The number of quaternary nitrogens is 2. The van der Waals surface area contributed by atoms with Gasteiger partial charge in [-0.25, -0.2) is 0 Å². The summed E-state index contributed by atoms with van der Waals surface area (Å²) in [6.07, 6.45) is 0. The van der Waals surface area contributed by atoms with Gasteiger partial charge in [-0.2, -0.15) is 0 Å². The number of para-hydroxylation sites is 1. The van der Waals surface area contributed by atoms with Gasteiger partial charge in [0, 0.05) is 10.9 Å². The Morgan fingerprint density at radius 1 is 1.30 bits per heavy atom. The van der Waals surface area contributed by atoms with Crippen molar-refractivity contribution in [3.05, 3.63) is 36.0 Å². The molecule has 1 amide bonds. The topological polar surface area (TPSA) is 65.9 Å². The maximum atomic E-state index is 12.1. The van der Waals surface area contributed by atoms with Crippen LogP contribution in [0.1, 0.15) is 10.5 Å². The standard InChI is InChI=1S/C15H20N4O/c20-15(17-7-10-19-8-5-16-6-9-19)14-11-12-3-1-2-4-13(12)18-14/h1-4,11,16,18H,5-10H2,(H,17,20)/p+2. The van der Waals surface area contributed by atoms with Crippen LogP contribution in [0.2, 0.25) is 0 Å². The molecule has 0 saturated carbocycles. The largest absolute Gasteiger partial charge is 0.351 e. The van der Waals surface area contributed by atoms with E-state index in [9.17, 15) is 4.79 Å². The van der Waals surface area contributed by atoms with Crippen LogP contribution >= 0.6 is 0 Å². The summed E-state index contributed by atoms with van der Waals surface area (Å²) in [5.41, 5.74) is 1.66. The third-order valence-corrected chi connectivity index (χ3v) is 3.94. The number of hydrogen-bond donors (Lipinski definition) is 4. The molecule has 106 valence electrons. The molecule has 3 rings (SSSR count). The summed E-state index contributed by atoms with van der Waals surface area (Å²) in [5.74, 6) is -0.0100. The average molecular weight is 274 g/mol. The number of amides is 1. The number of piperazine rings is 1. The molecular formula is C15H22N4O+2. The Bertz CT molecular complexity index is 553. The maximum absolute atomic E-state index is 12.1. The Morgan fingerprint density at radius 2 is 2.10 bits per heavy atom. The quantitative estimate of drug-likeness (QED) is 0.531. The molecular weight excluding hydrogens is 252 g/mol. The lowest BCUT2D eigenvalue weighted by molar-refractivity contribution is -0.945. The van der Waals surface area contributed by atoms with E-state index < -0.39 is 0 Å². The Balaban J connectivity index is 1.53. The average Bonchev–Trinajstić information content (AvgIpc) is 2.92. The van der Waals surface area contributed by atoms with Gasteiger partial charge in [-0.05, 0) is 12.1 Å². The fourth-order valence-corrected chi connectivity index (χ4v) is 2.78. The second-order valence-electron chi connectivity index (χ2n) is 5.39. The van der Waals surface area contributed by atoms with E-state index >= 15 is 0 Å². The highest BCUT2D eigenvalue weighted by molar-refractivity contribution is 5.97. The first-order valence-corrected chi connectivity index (χ1v) is 7.34. The predicted molar refractivity (Wildman–Crippen MR) is 77.9 cm³/mol. The molecule has 1 aromatic carbocycles. The Labute approximate surface area is 118 Å². The van der Waals surface area contributed by atoms with Crippen LogP contribution < -0.4 is 15.5 Å². The second kappa shape index (κ2) is 6.07. The normalized spacial score (nSPS) is 16.4. The van der Waals surface area contributed by atoms with Crippen LogP contribution in [-0.2, 0) is 0 Å². The number of H-pyrrole nitrogens is 1. The number of carbonyl (C=O) groups is 1. The summed E-state index contributed by atoms with van der Waals surface area (Å²) in [7, 11) is 0. The van der Waals surface area contributed by atoms with Gasteiger partial charge >= 0.3 is 0 Å². The van der Waals surface area contributed by atoms with Crippen LogP contribution in [-0.4, -0.2) is 50.2 Å². The minimum absolute atomic E-state index is 0.0100. The third-order valence-electron chi connectivity index (χ3n) is 3.94. The minimum atomic E-state index is -0.0100. The van der Waals surface area contributed by atoms with E-state index in [0.29, 0.717) is 5.69 Å². The van der Waals surface area contributed by atoms with Crippen LogP contribution in [0.25, 0.3) is 10.9 Å². The van der Waals surface area contributed by atoms with Gasteiger partial charge < -0.3 is 20.5 Å². The van der Waals surface area contributed by atoms with E-state index in [1.54, 1.807) is 4.90 Å². The highest BCUT2D eigenvalue weighted by Crippen LogP contribution is 2.14. The van der Waals surface area contributed by atoms with Crippen molar-refractivity contribution in [1.29, 1.82) is 0 Å². The number of aromatic nitrogens is 1. The fourth-order valence-electron chi connectivity index (χ4n) is 2.78. The summed E-state index contributed by atoms with van der Waals surface area (Å²) in [4.78, 5) is 16.8. The van der Waals surface area contributed by atoms with E-state index in [0.717, 1.165) is 24.0 Å². The van der Waals surface area contributed by atoms with Crippen molar-refractivity contribution >= 4 is 16.8 Å². The lowest BCUT2D eigenvalue weighted by Gasteiger charge is -2.22. The van der Waals surface area contributed by atoms with Gasteiger partial charge in [0.05, 0.1) is 13.1 Å². The minimum Gasteiger partial charge on any atom is -0.351 e. The molecule has 0 atom stereocenters. The molecule has 1 fully saturated rings. The molecule has 0 radical (unpaired) electrons. The summed E-state index contributed by atoms with van der Waals surface area (Å²) in [6.45, 7) is 6.55. The molecule has 1 aromatic heterocycles. The molecule has 0 bridgehead atoms. The molecule has 0 spiro atoms. The Hall–Kier alpha value is -1.85. The van der Waals surface area contributed by atoms with Crippen molar-refractivity contribution in [2.45, 2.75) is 0 Å². The number of rotatable bonds is 4. The summed E-state index contributed by atoms with van der Waals surface area (Å²) >= 11 is 0. The lowest BCUT2D eigenvalue weighted by Crippen LogP contribution is -3.20. The van der Waals surface area contributed by atoms with Gasteiger partial charge in [0.2, 0.25) is 0 Å². The van der Waals surface area contributed by atoms with Gasteiger partial charge in [0.1, 0.15) is 31.9 Å². The monoisotopic (exact) mass is 274 g/mol. The molecule has 0 aliphatic carbocycles. The zero-order valence-corrected chi connectivity index (χ0v) is 11.6.